The molecule has 0 saturated carbocycles. The van der Waals surface area contributed by atoms with Crippen molar-refractivity contribution in [3.8, 4) is 11.5 Å². The number of hydrogen-bond acceptors (Lipinski definition) is 5. The summed E-state index contributed by atoms with van der Waals surface area (Å²) in [7, 11) is 3.11. The Hall–Kier alpha value is -3.28. The van der Waals surface area contributed by atoms with Gasteiger partial charge in [-0.05, 0) is 42.1 Å². The van der Waals surface area contributed by atoms with Gasteiger partial charge < -0.3 is 19.2 Å². The average molecular weight is 353 g/mol. The Morgan fingerprint density at radius 1 is 1.04 bits per heavy atom. The van der Waals surface area contributed by atoms with E-state index in [-0.39, 0.29) is 12.3 Å². The van der Waals surface area contributed by atoms with E-state index in [2.05, 4.69) is 5.32 Å². The zero-order chi connectivity index (χ0) is 18.7. The van der Waals surface area contributed by atoms with Gasteiger partial charge in [0, 0.05) is 6.54 Å². The summed E-state index contributed by atoms with van der Waals surface area (Å²) in [6, 6.07) is 12.4. The molecule has 0 fully saturated rings. The molecule has 0 radical (unpaired) electrons. The highest BCUT2D eigenvalue weighted by atomic mass is 16.5. The van der Waals surface area contributed by atoms with Crippen molar-refractivity contribution in [1.82, 2.24) is 5.32 Å². The van der Waals surface area contributed by atoms with E-state index < -0.39 is 11.5 Å². The summed E-state index contributed by atoms with van der Waals surface area (Å²) < 4.78 is 15.6. The second kappa shape index (κ2) is 7.31. The van der Waals surface area contributed by atoms with Crippen LogP contribution in [0.5, 0.6) is 11.5 Å². The fourth-order valence-electron chi connectivity index (χ4n) is 2.67. The Kier molecular flexibility index (Phi) is 4.93. The molecule has 134 valence electrons. The topological polar surface area (TPSA) is 77.8 Å². The normalized spacial score (nSPS) is 10.6. The maximum absolute atomic E-state index is 12.4. The van der Waals surface area contributed by atoms with Crippen LogP contribution < -0.4 is 20.4 Å². The highest BCUT2D eigenvalue weighted by molar-refractivity contribution is 5.95. The van der Waals surface area contributed by atoms with Gasteiger partial charge in [0.05, 0.1) is 19.6 Å². The maximum Gasteiger partial charge on any atom is 0.344 e. The third-order valence-electron chi connectivity index (χ3n) is 4.04. The van der Waals surface area contributed by atoms with Crippen LogP contribution >= 0.6 is 0 Å². The van der Waals surface area contributed by atoms with E-state index >= 15 is 0 Å². The summed E-state index contributed by atoms with van der Waals surface area (Å²) in [6.45, 7) is 2.15. The Labute approximate surface area is 150 Å². The van der Waals surface area contributed by atoms with Crippen molar-refractivity contribution in [1.29, 1.82) is 0 Å². The molecule has 1 amide bonds. The summed E-state index contributed by atoms with van der Waals surface area (Å²) in [5.41, 5.74) is 1.26. The van der Waals surface area contributed by atoms with Crippen LogP contribution in [0.15, 0.2) is 51.7 Å². The highest BCUT2D eigenvalue weighted by Crippen LogP contribution is 2.27. The standard InChI is InChI=1S/C20H19NO5/c1-12-4-6-14-10-18(26-20(23)15(14)8-12)19(22)21-11-13-5-7-16(24-2)17(9-13)25-3/h4-10H,11H2,1-3H3,(H,21,22). The summed E-state index contributed by atoms with van der Waals surface area (Å²) in [6.07, 6.45) is 0. The van der Waals surface area contributed by atoms with E-state index in [1.165, 1.54) is 0 Å². The second-order valence-electron chi connectivity index (χ2n) is 5.86. The molecule has 1 aromatic heterocycles. The predicted octanol–water partition coefficient (Wildman–Crippen LogP) is 3.05. The number of methoxy groups -OCH3 is 2. The van der Waals surface area contributed by atoms with E-state index in [9.17, 15) is 9.59 Å². The zero-order valence-corrected chi connectivity index (χ0v) is 14.8. The first-order valence-electron chi connectivity index (χ1n) is 8.05. The Bertz CT molecular complexity index is 1020. The van der Waals surface area contributed by atoms with E-state index in [0.717, 1.165) is 11.1 Å². The molecule has 0 aliphatic rings. The molecule has 1 heterocycles. The van der Waals surface area contributed by atoms with Gasteiger partial charge >= 0.3 is 5.63 Å². The first-order chi connectivity index (χ1) is 12.5. The number of fused-ring (bicyclic) bond motifs is 1. The minimum atomic E-state index is -0.525. The van der Waals surface area contributed by atoms with Crippen LogP contribution in [0.1, 0.15) is 21.7 Å². The summed E-state index contributed by atoms with van der Waals surface area (Å²) in [4.78, 5) is 24.5. The molecule has 0 saturated heterocycles. The highest BCUT2D eigenvalue weighted by Gasteiger charge is 2.13. The average Bonchev–Trinajstić information content (AvgIpc) is 2.66. The van der Waals surface area contributed by atoms with Crippen molar-refractivity contribution in [3.05, 3.63) is 69.8 Å². The molecule has 0 atom stereocenters. The van der Waals surface area contributed by atoms with Gasteiger partial charge in [-0.2, -0.15) is 0 Å². The lowest BCUT2D eigenvalue weighted by atomic mass is 10.1. The number of ether oxygens (including phenoxy) is 2. The maximum atomic E-state index is 12.4. The summed E-state index contributed by atoms with van der Waals surface area (Å²) in [5, 5.41) is 3.87. The Balaban J connectivity index is 1.79. The number of nitrogens with one attached hydrogen (secondary N) is 1. The van der Waals surface area contributed by atoms with Gasteiger partial charge in [-0.3, -0.25) is 4.79 Å². The number of hydrogen-bond donors (Lipinski definition) is 1. The third-order valence-corrected chi connectivity index (χ3v) is 4.04. The van der Waals surface area contributed by atoms with Gasteiger partial charge in [0.2, 0.25) is 0 Å². The molecule has 0 aliphatic heterocycles. The summed E-state index contributed by atoms with van der Waals surface area (Å²) in [5.74, 6) is 0.705. The van der Waals surface area contributed by atoms with Crippen LogP contribution in [0, 0.1) is 6.92 Å². The van der Waals surface area contributed by atoms with Gasteiger partial charge in [-0.25, -0.2) is 4.79 Å². The number of amides is 1. The molecular formula is C20H19NO5. The molecule has 3 rings (SSSR count). The van der Waals surface area contributed by atoms with E-state index in [1.807, 2.05) is 19.1 Å². The molecule has 2 aromatic carbocycles. The molecule has 0 aliphatic carbocycles. The molecular weight excluding hydrogens is 334 g/mol. The van der Waals surface area contributed by atoms with Crippen molar-refractivity contribution in [2.45, 2.75) is 13.5 Å². The molecule has 0 unspecified atom stereocenters. The number of benzene rings is 2. The monoisotopic (exact) mass is 353 g/mol. The minimum Gasteiger partial charge on any atom is -0.493 e. The first-order valence-corrected chi connectivity index (χ1v) is 8.05. The summed E-state index contributed by atoms with van der Waals surface area (Å²) >= 11 is 0. The zero-order valence-electron chi connectivity index (χ0n) is 14.8. The largest absolute Gasteiger partial charge is 0.493 e. The van der Waals surface area contributed by atoms with Crippen LogP contribution in [-0.2, 0) is 6.54 Å². The quantitative estimate of drug-likeness (QED) is 0.763. The van der Waals surface area contributed by atoms with Gasteiger partial charge in [-0.15, -0.1) is 0 Å². The number of aryl methyl sites for hydroxylation is 1. The Morgan fingerprint density at radius 3 is 2.54 bits per heavy atom. The molecule has 26 heavy (non-hydrogen) atoms. The molecule has 1 N–H and O–H groups in total. The van der Waals surface area contributed by atoms with E-state index in [0.29, 0.717) is 22.3 Å². The second-order valence-corrected chi connectivity index (χ2v) is 5.86. The molecule has 6 heteroatoms. The van der Waals surface area contributed by atoms with Crippen LogP contribution in [0.3, 0.4) is 0 Å². The minimum absolute atomic E-state index is 0.0215. The van der Waals surface area contributed by atoms with E-state index in [4.69, 9.17) is 13.9 Å². The molecule has 0 spiro atoms. The van der Waals surface area contributed by atoms with Crippen molar-refractivity contribution < 1.29 is 18.7 Å². The molecule has 6 nitrogen and oxygen atoms in total. The van der Waals surface area contributed by atoms with Gasteiger partial charge in [0.25, 0.3) is 5.91 Å². The Morgan fingerprint density at radius 2 is 1.81 bits per heavy atom. The smallest absolute Gasteiger partial charge is 0.344 e. The van der Waals surface area contributed by atoms with Gasteiger partial charge in [0.15, 0.2) is 17.3 Å². The van der Waals surface area contributed by atoms with Crippen LogP contribution in [0.4, 0.5) is 0 Å². The van der Waals surface area contributed by atoms with Crippen LogP contribution in [-0.4, -0.2) is 20.1 Å². The number of carbonyl (C=O) groups excluding carboxylic acids is 1. The van der Waals surface area contributed by atoms with Crippen LogP contribution in [0.25, 0.3) is 10.8 Å². The molecule has 0 bridgehead atoms. The fraction of sp³-hybridized carbons (Fsp3) is 0.200. The predicted molar refractivity (Wildman–Crippen MR) is 97.9 cm³/mol. The fourth-order valence-corrected chi connectivity index (χ4v) is 2.67. The van der Waals surface area contributed by atoms with Crippen molar-refractivity contribution in [3.63, 3.8) is 0 Å². The number of carbonyl (C=O) groups is 1. The van der Waals surface area contributed by atoms with Crippen molar-refractivity contribution in [2.24, 2.45) is 0 Å². The van der Waals surface area contributed by atoms with Crippen molar-refractivity contribution in [2.75, 3.05) is 14.2 Å². The lowest BCUT2D eigenvalue weighted by molar-refractivity contribution is 0.0919. The van der Waals surface area contributed by atoms with Gasteiger partial charge in [-0.1, -0.05) is 23.8 Å². The number of rotatable bonds is 5. The van der Waals surface area contributed by atoms with Gasteiger partial charge in [0.1, 0.15) is 0 Å². The third kappa shape index (κ3) is 3.54. The lowest BCUT2D eigenvalue weighted by Crippen LogP contribution is -2.24. The van der Waals surface area contributed by atoms with Crippen LogP contribution in [0.2, 0.25) is 0 Å². The first kappa shape index (κ1) is 17.5. The molecule has 3 aromatic rings. The SMILES string of the molecule is COc1ccc(CNC(=O)c2cc3ccc(C)cc3c(=O)o2)cc1OC. The lowest BCUT2D eigenvalue weighted by Gasteiger charge is -2.10. The van der Waals surface area contributed by atoms with E-state index in [1.54, 1.807) is 44.6 Å². The van der Waals surface area contributed by atoms with Crippen molar-refractivity contribution >= 4 is 16.7 Å².